The Morgan fingerprint density at radius 2 is 1.77 bits per heavy atom. The monoisotopic (exact) mass is 471 g/mol. The molecule has 0 amide bonds. The summed E-state index contributed by atoms with van der Waals surface area (Å²) in [7, 11) is 1.50. The lowest BCUT2D eigenvalue weighted by Crippen LogP contribution is -2.21. The van der Waals surface area contributed by atoms with Gasteiger partial charge in [0.25, 0.3) is 5.56 Å². The van der Waals surface area contributed by atoms with Gasteiger partial charge in [-0.05, 0) is 38.1 Å². The molecule has 0 aliphatic rings. The molecule has 1 aromatic heterocycles. The fraction of sp³-hybridized carbons (Fsp3) is 0.185. The molecule has 0 radical (unpaired) electrons. The standard InChI is InChI=1S/C27H25N3O5/c1-18(2)35-24(31)17-34-25-20(12-9-15-23(25)33-3)16-28-30-26(19-10-5-4-6-11-19)29-22-14-8-7-13-21(22)27(30)32/h4-16,18H,17H2,1-3H3. The Labute approximate surface area is 202 Å². The maximum absolute atomic E-state index is 13.4. The van der Waals surface area contributed by atoms with Crippen LogP contribution in [-0.2, 0) is 9.53 Å². The van der Waals surface area contributed by atoms with E-state index in [-0.39, 0.29) is 18.3 Å². The summed E-state index contributed by atoms with van der Waals surface area (Å²) in [6.07, 6.45) is 1.23. The zero-order valence-electron chi connectivity index (χ0n) is 19.7. The number of ether oxygens (including phenoxy) is 3. The van der Waals surface area contributed by atoms with Crippen molar-refractivity contribution in [2.45, 2.75) is 20.0 Å². The van der Waals surface area contributed by atoms with E-state index in [1.54, 1.807) is 50.2 Å². The van der Waals surface area contributed by atoms with Crippen LogP contribution in [0.5, 0.6) is 11.5 Å². The van der Waals surface area contributed by atoms with Crippen molar-refractivity contribution >= 4 is 23.1 Å². The fourth-order valence-corrected chi connectivity index (χ4v) is 3.50. The minimum absolute atomic E-state index is 0.256. The summed E-state index contributed by atoms with van der Waals surface area (Å²) < 4.78 is 17.5. The molecule has 4 rings (SSSR count). The number of esters is 1. The van der Waals surface area contributed by atoms with E-state index in [2.05, 4.69) is 5.10 Å². The fourth-order valence-electron chi connectivity index (χ4n) is 3.50. The maximum atomic E-state index is 13.4. The van der Waals surface area contributed by atoms with E-state index in [1.807, 2.05) is 36.4 Å². The molecule has 1 heterocycles. The van der Waals surface area contributed by atoms with Crippen molar-refractivity contribution in [3.8, 4) is 22.9 Å². The van der Waals surface area contributed by atoms with Crippen molar-refractivity contribution in [3.63, 3.8) is 0 Å². The summed E-state index contributed by atoms with van der Waals surface area (Å²) in [5.74, 6) is 0.618. The van der Waals surface area contributed by atoms with E-state index >= 15 is 0 Å². The number of methoxy groups -OCH3 is 1. The van der Waals surface area contributed by atoms with Crippen molar-refractivity contribution in [3.05, 3.63) is 88.7 Å². The number of rotatable bonds is 8. The van der Waals surface area contributed by atoms with Crippen LogP contribution in [0, 0.1) is 0 Å². The van der Waals surface area contributed by atoms with Gasteiger partial charge in [-0.2, -0.15) is 9.78 Å². The Kier molecular flexibility index (Phi) is 7.21. The smallest absolute Gasteiger partial charge is 0.344 e. The molecular weight excluding hydrogens is 446 g/mol. The number of fused-ring (bicyclic) bond motifs is 1. The first kappa shape index (κ1) is 23.7. The third kappa shape index (κ3) is 5.38. The normalized spacial score (nSPS) is 11.2. The summed E-state index contributed by atoms with van der Waals surface area (Å²) >= 11 is 0. The predicted molar refractivity (Wildman–Crippen MR) is 134 cm³/mol. The number of benzene rings is 3. The highest BCUT2D eigenvalue weighted by atomic mass is 16.6. The van der Waals surface area contributed by atoms with Crippen molar-refractivity contribution in [2.24, 2.45) is 5.10 Å². The lowest BCUT2D eigenvalue weighted by Gasteiger charge is -2.14. The second kappa shape index (κ2) is 10.6. The second-order valence-electron chi connectivity index (χ2n) is 7.89. The quantitative estimate of drug-likeness (QED) is 0.281. The van der Waals surface area contributed by atoms with Gasteiger partial charge in [-0.25, -0.2) is 9.78 Å². The third-order valence-corrected chi connectivity index (χ3v) is 5.03. The topological polar surface area (TPSA) is 92.0 Å². The minimum atomic E-state index is -0.505. The van der Waals surface area contributed by atoms with Crippen molar-refractivity contribution in [2.75, 3.05) is 13.7 Å². The van der Waals surface area contributed by atoms with Crippen LogP contribution in [0.4, 0.5) is 0 Å². The van der Waals surface area contributed by atoms with Crippen LogP contribution in [-0.4, -0.2) is 41.7 Å². The summed E-state index contributed by atoms with van der Waals surface area (Å²) in [6.45, 7) is 3.23. The van der Waals surface area contributed by atoms with Gasteiger partial charge in [0, 0.05) is 11.1 Å². The molecule has 35 heavy (non-hydrogen) atoms. The molecule has 8 heteroatoms. The first-order valence-electron chi connectivity index (χ1n) is 11.1. The molecule has 0 saturated carbocycles. The predicted octanol–water partition coefficient (Wildman–Crippen LogP) is 4.28. The van der Waals surface area contributed by atoms with Crippen LogP contribution in [0.1, 0.15) is 19.4 Å². The summed E-state index contributed by atoms with van der Waals surface area (Å²) in [4.78, 5) is 30.1. The Morgan fingerprint density at radius 1 is 1.03 bits per heavy atom. The summed E-state index contributed by atoms with van der Waals surface area (Å²) in [6, 6.07) is 21.7. The van der Waals surface area contributed by atoms with Gasteiger partial charge in [0.2, 0.25) is 0 Å². The third-order valence-electron chi connectivity index (χ3n) is 5.03. The van der Waals surface area contributed by atoms with E-state index in [1.165, 1.54) is 18.0 Å². The van der Waals surface area contributed by atoms with Crippen LogP contribution in [0.2, 0.25) is 0 Å². The van der Waals surface area contributed by atoms with Gasteiger partial charge in [0.15, 0.2) is 23.9 Å². The molecule has 0 bridgehead atoms. The molecule has 3 aromatic carbocycles. The number of hydrogen-bond acceptors (Lipinski definition) is 7. The Bertz CT molecular complexity index is 1430. The molecule has 0 N–H and O–H groups in total. The maximum Gasteiger partial charge on any atom is 0.344 e. The van der Waals surface area contributed by atoms with Crippen LogP contribution < -0.4 is 15.0 Å². The highest BCUT2D eigenvalue weighted by molar-refractivity contribution is 5.86. The zero-order chi connectivity index (χ0) is 24.8. The van der Waals surface area contributed by atoms with Gasteiger partial charge in [-0.1, -0.05) is 48.5 Å². The molecule has 8 nitrogen and oxygen atoms in total. The average molecular weight is 472 g/mol. The SMILES string of the molecule is COc1cccc(C=Nn2c(-c3ccccc3)nc3ccccc3c2=O)c1OCC(=O)OC(C)C. The molecule has 0 aliphatic heterocycles. The van der Waals surface area contributed by atoms with Crippen molar-refractivity contribution in [1.29, 1.82) is 0 Å². The number of hydrogen-bond donors (Lipinski definition) is 0. The summed E-state index contributed by atoms with van der Waals surface area (Å²) in [5.41, 5.74) is 1.53. The van der Waals surface area contributed by atoms with Gasteiger partial charge in [-0.15, -0.1) is 0 Å². The van der Waals surface area contributed by atoms with E-state index < -0.39 is 5.97 Å². The highest BCUT2D eigenvalue weighted by Crippen LogP contribution is 2.30. The van der Waals surface area contributed by atoms with Gasteiger partial charge < -0.3 is 14.2 Å². The minimum Gasteiger partial charge on any atom is -0.493 e. The van der Waals surface area contributed by atoms with Gasteiger partial charge in [-0.3, -0.25) is 4.79 Å². The first-order valence-corrected chi connectivity index (χ1v) is 11.1. The first-order chi connectivity index (χ1) is 17.0. The van der Waals surface area contributed by atoms with Gasteiger partial charge in [0.05, 0.1) is 30.3 Å². The number of para-hydroxylation sites is 2. The Morgan fingerprint density at radius 3 is 2.51 bits per heavy atom. The molecule has 0 unspecified atom stereocenters. The van der Waals surface area contributed by atoms with Crippen LogP contribution in [0.3, 0.4) is 0 Å². The van der Waals surface area contributed by atoms with Crippen LogP contribution in [0.25, 0.3) is 22.3 Å². The lowest BCUT2D eigenvalue weighted by molar-refractivity contribution is -0.149. The largest absolute Gasteiger partial charge is 0.493 e. The van der Waals surface area contributed by atoms with E-state index in [9.17, 15) is 9.59 Å². The Hall–Kier alpha value is -4.46. The van der Waals surface area contributed by atoms with Crippen LogP contribution in [0.15, 0.2) is 82.7 Å². The molecule has 0 saturated heterocycles. The molecule has 4 aromatic rings. The van der Waals surface area contributed by atoms with E-state index in [4.69, 9.17) is 19.2 Å². The molecule has 0 aliphatic carbocycles. The highest BCUT2D eigenvalue weighted by Gasteiger charge is 2.15. The number of carbonyl (C=O) groups excluding carboxylic acids is 1. The average Bonchev–Trinajstić information content (AvgIpc) is 2.87. The molecular formula is C27H25N3O5. The van der Waals surface area contributed by atoms with Gasteiger partial charge >= 0.3 is 5.97 Å². The summed E-state index contributed by atoms with van der Waals surface area (Å²) in [5, 5.41) is 4.93. The molecule has 0 fully saturated rings. The number of carbonyl (C=O) groups is 1. The van der Waals surface area contributed by atoms with E-state index in [0.717, 1.165) is 5.56 Å². The second-order valence-corrected chi connectivity index (χ2v) is 7.89. The van der Waals surface area contributed by atoms with Crippen molar-refractivity contribution < 1.29 is 19.0 Å². The number of aromatic nitrogens is 2. The van der Waals surface area contributed by atoms with Crippen molar-refractivity contribution in [1.82, 2.24) is 9.66 Å². The molecule has 0 spiro atoms. The zero-order valence-corrected chi connectivity index (χ0v) is 19.7. The van der Waals surface area contributed by atoms with Crippen LogP contribution >= 0.6 is 0 Å². The van der Waals surface area contributed by atoms with E-state index in [0.29, 0.717) is 33.8 Å². The lowest BCUT2D eigenvalue weighted by atomic mass is 10.2. The van der Waals surface area contributed by atoms with Gasteiger partial charge in [0.1, 0.15) is 0 Å². The molecule has 178 valence electrons. The Balaban J connectivity index is 1.78. The molecule has 0 atom stereocenters. The number of nitrogens with zero attached hydrogens (tertiary/aromatic N) is 3.